The molecule has 2 aliphatic heterocycles. The number of aromatic nitrogens is 1. The first kappa shape index (κ1) is 26.1. The molecule has 9 heteroatoms. The van der Waals surface area contributed by atoms with Crippen LogP contribution >= 0.6 is 0 Å². The highest BCUT2D eigenvalue weighted by atomic mass is 19.2. The molecule has 194 valence electrons. The molecule has 6 nitrogen and oxygen atoms in total. The molecule has 1 aromatic carbocycles. The Morgan fingerprint density at radius 2 is 1.89 bits per heavy atom. The normalized spacial score (nSPS) is 18.0. The van der Waals surface area contributed by atoms with Gasteiger partial charge in [0.15, 0.2) is 11.6 Å². The largest absolute Gasteiger partial charge is 0.341 e. The number of rotatable bonds is 9. The lowest BCUT2D eigenvalue weighted by molar-refractivity contribution is -0.143. The Morgan fingerprint density at radius 1 is 1.11 bits per heavy atom. The third-order valence-electron chi connectivity index (χ3n) is 7.32. The van der Waals surface area contributed by atoms with Gasteiger partial charge in [0.1, 0.15) is 6.04 Å². The van der Waals surface area contributed by atoms with E-state index in [1.165, 1.54) is 17.0 Å². The molecule has 1 atom stereocenters. The minimum atomic E-state index is -1.03. The molecule has 0 radical (unpaired) electrons. The molecule has 2 fully saturated rings. The summed E-state index contributed by atoms with van der Waals surface area (Å²) in [6.45, 7) is 5.94. The molecule has 2 amide bonds. The molecule has 0 spiro atoms. The van der Waals surface area contributed by atoms with E-state index in [-0.39, 0.29) is 11.8 Å². The summed E-state index contributed by atoms with van der Waals surface area (Å²) in [6, 6.07) is 5.69. The summed E-state index contributed by atoms with van der Waals surface area (Å²) in [6.07, 6.45) is 5.32. The Hall–Kier alpha value is -2.94. The van der Waals surface area contributed by atoms with E-state index in [4.69, 9.17) is 0 Å². The highest BCUT2D eigenvalue weighted by molar-refractivity contribution is 5.89. The number of hydrogen-bond donors (Lipinski definition) is 0. The van der Waals surface area contributed by atoms with Gasteiger partial charge in [-0.15, -0.1) is 0 Å². The number of halogens is 3. The highest BCUT2D eigenvalue weighted by Gasteiger charge is 2.36. The van der Waals surface area contributed by atoms with Crippen LogP contribution in [0.3, 0.4) is 0 Å². The molecule has 0 N–H and O–H groups in total. The first-order chi connectivity index (χ1) is 17.4. The molecule has 0 saturated carbocycles. The van der Waals surface area contributed by atoms with Crippen molar-refractivity contribution < 1.29 is 22.8 Å². The van der Waals surface area contributed by atoms with Gasteiger partial charge in [-0.25, -0.2) is 13.8 Å². The summed E-state index contributed by atoms with van der Waals surface area (Å²) in [5.74, 6) is -2.51. The molecule has 0 aliphatic carbocycles. The van der Waals surface area contributed by atoms with Crippen molar-refractivity contribution in [3.8, 4) is 0 Å². The van der Waals surface area contributed by atoms with Gasteiger partial charge < -0.3 is 14.7 Å². The molecular formula is C27H33F3N4O2. The number of nitrogens with zero attached hydrogens (tertiary/aromatic N) is 4. The number of carbonyl (C=O) groups excluding carboxylic acids is 2. The maximum atomic E-state index is 14.0. The third kappa shape index (κ3) is 6.06. The second-order valence-corrected chi connectivity index (χ2v) is 9.57. The Labute approximate surface area is 210 Å². The van der Waals surface area contributed by atoms with Crippen molar-refractivity contribution in [1.29, 1.82) is 0 Å². The number of amides is 2. The molecule has 2 saturated heterocycles. The van der Waals surface area contributed by atoms with Gasteiger partial charge in [-0.1, -0.05) is 12.1 Å². The fraction of sp³-hybridized carbons (Fsp3) is 0.519. The summed E-state index contributed by atoms with van der Waals surface area (Å²) >= 11 is 0. The lowest BCUT2D eigenvalue weighted by atomic mass is 9.90. The molecular weight excluding hydrogens is 469 g/mol. The van der Waals surface area contributed by atoms with Gasteiger partial charge in [0.2, 0.25) is 17.8 Å². The monoisotopic (exact) mass is 502 g/mol. The summed E-state index contributed by atoms with van der Waals surface area (Å²) in [4.78, 5) is 35.4. The van der Waals surface area contributed by atoms with Crippen molar-refractivity contribution in [2.24, 2.45) is 0 Å². The van der Waals surface area contributed by atoms with E-state index in [0.717, 1.165) is 56.6 Å². The van der Waals surface area contributed by atoms with Gasteiger partial charge in [-0.2, -0.15) is 4.39 Å². The van der Waals surface area contributed by atoms with Gasteiger partial charge >= 0.3 is 0 Å². The maximum absolute atomic E-state index is 14.0. The maximum Gasteiger partial charge on any atom is 0.250 e. The van der Waals surface area contributed by atoms with Crippen LogP contribution in [-0.4, -0.2) is 70.8 Å². The molecule has 0 bridgehead atoms. The number of likely N-dealkylation sites (N-methyl/N-ethyl adjacent to an activating group) is 1. The van der Waals surface area contributed by atoms with Gasteiger partial charge in [0.25, 0.3) is 0 Å². The average Bonchev–Trinajstić information content (AvgIpc) is 3.30. The molecule has 1 aromatic heterocycles. The average molecular weight is 503 g/mol. The van der Waals surface area contributed by atoms with Crippen LogP contribution in [0.4, 0.5) is 13.2 Å². The van der Waals surface area contributed by atoms with E-state index in [0.29, 0.717) is 44.0 Å². The van der Waals surface area contributed by atoms with Gasteiger partial charge in [-0.3, -0.25) is 9.59 Å². The van der Waals surface area contributed by atoms with Crippen molar-refractivity contribution in [3.63, 3.8) is 0 Å². The predicted octanol–water partition coefficient (Wildman–Crippen LogP) is 4.28. The lowest BCUT2D eigenvalue weighted by Crippen LogP contribution is -2.44. The summed E-state index contributed by atoms with van der Waals surface area (Å²) < 4.78 is 40.6. The first-order valence-corrected chi connectivity index (χ1v) is 12.7. The molecule has 2 aromatic rings. The van der Waals surface area contributed by atoms with Crippen LogP contribution in [0, 0.1) is 17.6 Å². The fourth-order valence-electron chi connectivity index (χ4n) is 5.28. The summed E-state index contributed by atoms with van der Waals surface area (Å²) in [5, 5.41) is 0. The second-order valence-electron chi connectivity index (χ2n) is 9.57. The van der Waals surface area contributed by atoms with Gasteiger partial charge in [0, 0.05) is 32.3 Å². The standard InChI is InChI=1S/C27H33F3N4O2/c1-2-33(13-4-12-32-15-10-19(11-16-32)21-7-9-24(30)31-18-21)27(36)26(34-14-3-5-25(34)35)20-6-8-22(28)23(29)17-20/h6-9,17-19,26H,2-5,10-16H2,1H3. The minimum Gasteiger partial charge on any atom is -0.341 e. The Bertz CT molecular complexity index is 1060. The Balaban J connectivity index is 1.34. The van der Waals surface area contributed by atoms with Crippen LogP contribution < -0.4 is 0 Å². The minimum absolute atomic E-state index is 0.145. The smallest absolute Gasteiger partial charge is 0.250 e. The number of carbonyl (C=O) groups is 2. The van der Waals surface area contributed by atoms with E-state index in [1.807, 2.05) is 13.0 Å². The number of pyridine rings is 1. The molecule has 3 heterocycles. The molecule has 2 aliphatic rings. The van der Waals surface area contributed by atoms with Crippen molar-refractivity contribution in [1.82, 2.24) is 19.7 Å². The van der Waals surface area contributed by atoms with Crippen LogP contribution in [0.15, 0.2) is 36.5 Å². The van der Waals surface area contributed by atoms with E-state index >= 15 is 0 Å². The zero-order valence-corrected chi connectivity index (χ0v) is 20.6. The van der Waals surface area contributed by atoms with Crippen molar-refractivity contribution in [3.05, 3.63) is 65.2 Å². The zero-order chi connectivity index (χ0) is 25.7. The van der Waals surface area contributed by atoms with E-state index in [9.17, 15) is 22.8 Å². The Morgan fingerprint density at radius 3 is 2.50 bits per heavy atom. The third-order valence-corrected chi connectivity index (χ3v) is 7.32. The number of likely N-dealkylation sites (tertiary alicyclic amines) is 2. The van der Waals surface area contributed by atoms with E-state index in [1.54, 1.807) is 11.1 Å². The fourth-order valence-corrected chi connectivity index (χ4v) is 5.28. The van der Waals surface area contributed by atoms with Gasteiger partial charge in [-0.05, 0) is 87.5 Å². The van der Waals surface area contributed by atoms with Crippen LogP contribution in [-0.2, 0) is 9.59 Å². The van der Waals surface area contributed by atoms with Crippen LogP contribution in [0.25, 0.3) is 0 Å². The topological polar surface area (TPSA) is 56.8 Å². The van der Waals surface area contributed by atoms with Crippen LogP contribution in [0.5, 0.6) is 0 Å². The van der Waals surface area contributed by atoms with Crippen molar-refractivity contribution in [2.75, 3.05) is 39.3 Å². The number of piperidine rings is 1. The quantitative estimate of drug-likeness (QED) is 0.481. The first-order valence-electron chi connectivity index (χ1n) is 12.7. The van der Waals surface area contributed by atoms with E-state index in [2.05, 4.69) is 9.88 Å². The SMILES string of the molecule is CCN(CCCN1CCC(c2ccc(F)nc2)CC1)C(=O)C(c1ccc(F)c(F)c1)N1CCCC1=O. The van der Waals surface area contributed by atoms with Crippen LogP contribution in [0.1, 0.15) is 62.1 Å². The van der Waals surface area contributed by atoms with Gasteiger partial charge in [0.05, 0.1) is 0 Å². The zero-order valence-electron chi connectivity index (χ0n) is 20.6. The van der Waals surface area contributed by atoms with E-state index < -0.39 is 23.6 Å². The summed E-state index contributed by atoms with van der Waals surface area (Å²) in [5.41, 5.74) is 1.36. The number of benzene rings is 1. The van der Waals surface area contributed by atoms with Crippen LogP contribution in [0.2, 0.25) is 0 Å². The van der Waals surface area contributed by atoms with Crippen molar-refractivity contribution in [2.45, 2.75) is 51.0 Å². The lowest BCUT2D eigenvalue weighted by Gasteiger charge is -2.34. The molecule has 1 unspecified atom stereocenters. The molecule has 36 heavy (non-hydrogen) atoms. The second kappa shape index (κ2) is 11.9. The predicted molar refractivity (Wildman–Crippen MR) is 130 cm³/mol. The number of hydrogen-bond acceptors (Lipinski definition) is 4. The van der Waals surface area contributed by atoms with Crippen molar-refractivity contribution >= 4 is 11.8 Å². The summed E-state index contributed by atoms with van der Waals surface area (Å²) in [7, 11) is 0. The molecule has 4 rings (SSSR count). The highest BCUT2D eigenvalue weighted by Crippen LogP contribution is 2.30. The Kier molecular flexibility index (Phi) is 8.61.